The van der Waals surface area contributed by atoms with Crippen LogP contribution in [0.5, 0.6) is 0 Å². The molecule has 0 fully saturated rings. The van der Waals surface area contributed by atoms with Crippen LogP contribution in [-0.2, 0) is 4.79 Å². The van der Waals surface area contributed by atoms with Crippen molar-refractivity contribution in [1.29, 1.82) is 0 Å². The van der Waals surface area contributed by atoms with E-state index >= 15 is 0 Å². The second kappa shape index (κ2) is 16.9. The fourth-order valence-electron chi connectivity index (χ4n) is 3.93. The second-order valence-electron chi connectivity index (χ2n) is 8.31. The highest BCUT2D eigenvalue weighted by molar-refractivity contribution is 5.69. The quantitative estimate of drug-likeness (QED) is 0.254. The van der Waals surface area contributed by atoms with Gasteiger partial charge in [0.15, 0.2) is 0 Å². The van der Waals surface area contributed by atoms with Crippen molar-refractivity contribution in [2.24, 2.45) is 17.8 Å². The number of carboxylic acids is 1. The van der Waals surface area contributed by atoms with Crippen molar-refractivity contribution in [2.75, 3.05) is 0 Å². The van der Waals surface area contributed by atoms with Gasteiger partial charge in [-0.25, -0.2) is 0 Å². The van der Waals surface area contributed by atoms with Crippen LogP contribution in [0.15, 0.2) is 0 Å². The molecule has 0 aromatic rings. The molecule has 0 aliphatic heterocycles. The minimum atomic E-state index is -0.565. The van der Waals surface area contributed by atoms with E-state index in [1.807, 2.05) is 0 Å². The molecule has 3 atom stereocenters. The Labute approximate surface area is 158 Å². The van der Waals surface area contributed by atoms with Crippen LogP contribution in [0, 0.1) is 17.8 Å². The Bertz CT molecular complexity index is 300. The Morgan fingerprint density at radius 2 is 1.36 bits per heavy atom. The van der Waals surface area contributed by atoms with Gasteiger partial charge in [0, 0.05) is 0 Å². The van der Waals surface area contributed by atoms with Crippen LogP contribution in [0.25, 0.3) is 0 Å². The van der Waals surface area contributed by atoms with E-state index in [1.165, 1.54) is 77.0 Å². The molecule has 2 heteroatoms. The highest BCUT2D eigenvalue weighted by atomic mass is 16.4. The third-order valence-electron chi connectivity index (χ3n) is 5.69. The number of hydrogen-bond donors (Lipinski definition) is 1. The fraction of sp³-hybridized carbons (Fsp3) is 0.957. The molecule has 0 saturated carbocycles. The summed E-state index contributed by atoms with van der Waals surface area (Å²) >= 11 is 0. The molecule has 0 aliphatic carbocycles. The lowest BCUT2D eigenvalue weighted by molar-refractivity contribution is -0.142. The molecular formula is C23H46O2. The van der Waals surface area contributed by atoms with E-state index in [-0.39, 0.29) is 5.92 Å². The minimum absolute atomic E-state index is 0.125. The molecule has 1 N–H and O–H groups in total. The normalized spacial score (nSPS) is 15.0. The molecule has 0 aromatic heterocycles. The number of rotatable bonds is 18. The maximum Gasteiger partial charge on any atom is 0.306 e. The molecule has 0 amide bonds. The van der Waals surface area contributed by atoms with Crippen LogP contribution < -0.4 is 0 Å². The minimum Gasteiger partial charge on any atom is -0.481 e. The van der Waals surface area contributed by atoms with E-state index in [2.05, 4.69) is 27.7 Å². The summed E-state index contributed by atoms with van der Waals surface area (Å²) in [5.74, 6) is 0.595. The lowest BCUT2D eigenvalue weighted by Crippen LogP contribution is -2.19. The third kappa shape index (κ3) is 14.3. The van der Waals surface area contributed by atoms with Gasteiger partial charge in [-0.2, -0.15) is 0 Å². The molecule has 0 saturated heterocycles. The van der Waals surface area contributed by atoms with Gasteiger partial charge in [-0.05, 0) is 31.1 Å². The van der Waals surface area contributed by atoms with Gasteiger partial charge in [0.2, 0.25) is 0 Å². The topological polar surface area (TPSA) is 37.3 Å². The van der Waals surface area contributed by atoms with Gasteiger partial charge in [0.05, 0.1) is 5.92 Å². The van der Waals surface area contributed by atoms with Crippen LogP contribution in [0.1, 0.15) is 124 Å². The highest BCUT2D eigenvalue weighted by Gasteiger charge is 2.22. The van der Waals surface area contributed by atoms with Gasteiger partial charge in [0.1, 0.15) is 0 Å². The van der Waals surface area contributed by atoms with Crippen LogP contribution >= 0.6 is 0 Å². The van der Waals surface area contributed by atoms with Gasteiger partial charge in [0.25, 0.3) is 0 Å². The smallest absolute Gasteiger partial charge is 0.306 e. The first-order valence-corrected chi connectivity index (χ1v) is 11.3. The van der Waals surface area contributed by atoms with Gasteiger partial charge >= 0.3 is 5.97 Å². The van der Waals surface area contributed by atoms with E-state index < -0.39 is 5.97 Å². The molecule has 2 nitrogen and oxygen atoms in total. The van der Waals surface area contributed by atoms with E-state index in [1.54, 1.807) is 0 Å². The van der Waals surface area contributed by atoms with E-state index in [4.69, 9.17) is 0 Å². The fourth-order valence-corrected chi connectivity index (χ4v) is 3.93. The molecule has 3 unspecified atom stereocenters. The maximum absolute atomic E-state index is 11.7. The van der Waals surface area contributed by atoms with Crippen molar-refractivity contribution in [1.82, 2.24) is 0 Å². The summed E-state index contributed by atoms with van der Waals surface area (Å²) in [6, 6.07) is 0. The zero-order valence-corrected chi connectivity index (χ0v) is 17.7. The monoisotopic (exact) mass is 354 g/mol. The van der Waals surface area contributed by atoms with Crippen molar-refractivity contribution in [3.63, 3.8) is 0 Å². The number of hydrogen-bond acceptors (Lipinski definition) is 1. The molecule has 0 bridgehead atoms. The van der Waals surface area contributed by atoms with Crippen molar-refractivity contribution in [2.45, 2.75) is 124 Å². The summed E-state index contributed by atoms with van der Waals surface area (Å²) in [5, 5.41) is 9.63. The first kappa shape index (κ1) is 24.5. The SMILES string of the molecule is CCCCCCCCC(C)CCC(CC(CCC)CCCC)C(=O)O. The van der Waals surface area contributed by atoms with Crippen molar-refractivity contribution >= 4 is 5.97 Å². The highest BCUT2D eigenvalue weighted by Crippen LogP contribution is 2.28. The molecule has 0 rings (SSSR count). The largest absolute Gasteiger partial charge is 0.481 e. The van der Waals surface area contributed by atoms with Gasteiger partial charge in [-0.1, -0.05) is 105 Å². The third-order valence-corrected chi connectivity index (χ3v) is 5.69. The number of carboxylic acid groups (broad SMARTS) is 1. The molecule has 0 aromatic carbocycles. The van der Waals surface area contributed by atoms with Crippen LogP contribution in [0.3, 0.4) is 0 Å². The van der Waals surface area contributed by atoms with Gasteiger partial charge < -0.3 is 5.11 Å². The van der Waals surface area contributed by atoms with E-state index in [9.17, 15) is 9.90 Å². The first-order chi connectivity index (χ1) is 12.0. The average molecular weight is 355 g/mol. The summed E-state index contributed by atoms with van der Waals surface area (Å²) < 4.78 is 0. The Hall–Kier alpha value is -0.530. The zero-order chi connectivity index (χ0) is 18.9. The van der Waals surface area contributed by atoms with Gasteiger partial charge in [-0.15, -0.1) is 0 Å². The lowest BCUT2D eigenvalue weighted by Gasteiger charge is -2.22. The lowest BCUT2D eigenvalue weighted by atomic mass is 9.83. The second-order valence-corrected chi connectivity index (χ2v) is 8.31. The Morgan fingerprint density at radius 3 is 1.96 bits per heavy atom. The van der Waals surface area contributed by atoms with Crippen LogP contribution in [0.2, 0.25) is 0 Å². The van der Waals surface area contributed by atoms with Crippen LogP contribution in [0.4, 0.5) is 0 Å². The predicted molar refractivity (Wildman–Crippen MR) is 110 cm³/mol. The molecule has 0 aliphatic rings. The molecule has 0 radical (unpaired) electrons. The maximum atomic E-state index is 11.7. The predicted octanol–water partition coefficient (Wildman–Crippen LogP) is 7.85. The molecule has 0 spiro atoms. The Kier molecular flexibility index (Phi) is 16.6. The standard InChI is InChI=1S/C23H46O2/c1-5-8-10-11-12-13-15-20(4)17-18-22(23(24)25)19-21(14-7-3)16-9-6-2/h20-22H,5-19H2,1-4H3,(H,24,25). The zero-order valence-electron chi connectivity index (χ0n) is 17.7. The van der Waals surface area contributed by atoms with Gasteiger partial charge in [-0.3, -0.25) is 4.79 Å². The Balaban J connectivity index is 4.09. The summed E-state index contributed by atoms with van der Waals surface area (Å²) in [5.41, 5.74) is 0. The summed E-state index contributed by atoms with van der Waals surface area (Å²) in [7, 11) is 0. The van der Waals surface area contributed by atoms with Crippen molar-refractivity contribution < 1.29 is 9.90 Å². The summed E-state index contributed by atoms with van der Waals surface area (Å²) in [6.07, 6.45) is 18.2. The van der Waals surface area contributed by atoms with Crippen molar-refractivity contribution in [3.05, 3.63) is 0 Å². The van der Waals surface area contributed by atoms with E-state index in [0.717, 1.165) is 19.3 Å². The van der Waals surface area contributed by atoms with Crippen molar-refractivity contribution in [3.8, 4) is 0 Å². The van der Waals surface area contributed by atoms with Crippen LogP contribution in [-0.4, -0.2) is 11.1 Å². The molecule has 25 heavy (non-hydrogen) atoms. The molecule has 0 heterocycles. The number of aliphatic carboxylic acids is 1. The summed E-state index contributed by atoms with van der Waals surface area (Å²) in [6.45, 7) is 9.01. The molecular weight excluding hydrogens is 308 g/mol. The number of carbonyl (C=O) groups is 1. The first-order valence-electron chi connectivity index (χ1n) is 11.3. The molecule has 150 valence electrons. The Morgan fingerprint density at radius 1 is 0.720 bits per heavy atom. The number of unbranched alkanes of at least 4 members (excludes halogenated alkanes) is 6. The average Bonchev–Trinajstić information content (AvgIpc) is 2.59. The summed E-state index contributed by atoms with van der Waals surface area (Å²) in [4.78, 5) is 11.7. The van der Waals surface area contributed by atoms with E-state index in [0.29, 0.717) is 11.8 Å².